The highest BCUT2D eigenvalue weighted by molar-refractivity contribution is 5.96. The summed E-state index contributed by atoms with van der Waals surface area (Å²) in [6.45, 7) is 7.29. The number of benzene rings is 1. The molecule has 1 N–H and O–H groups in total. The van der Waals surface area contributed by atoms with E-state index in [2.05, 4.69) is 13.2 Å². The summed E-state index contributed by atoms with van der Waals surface area (Å²) >= 11 is 0. The summed E-state index contributed by atoms with van der Waals surface area (Å²) in [5, 5.41) is 9.12. The van der Waals surface area contributed by atoms with Crippen LogP contribution in [0.5, 0.6) is 5.75 Å². The van der Waals surface area contributed by atoms with Crippen LogP contribution < -0.4 is 0 Å². The van der Waals surface area contributed by atoms with Crippen LogP contribution in [0.15, 0.2) is 61.2 Å². The third kappa shape index (κ3) is 4.11. The topological polar surface area (TPSA) is 37.3 Å². The predicted octanol–water partition coefficient (Wildman–Crippen LogP) is 3.65. The van der Waals surface area contributed by atoms with Gasteiger partial charge in [-0.3, -0.25) is 4.79 Å². The van der Waals surface area contributed by atoms with E-state index in [4.69, 9.17) is 5.11 Å². The second-order valence-electron chi connectivity index (χ2n) is 3.65. The lowest BCUT2D eigenvalue weighted by atomic mass is 10.0. The lowest BCUT2D eigenvalue weighted by Gasteiger charge is -2.02. The number of hydrogen-bond donors (Lipinski definition) is 1. The zero-order valence-corrected chi connectivity index (χ0v) is 9.73. The molecule has 0 aromatic heterocycles. The molecule has 17 heavy (non-hydrogen) atoms. The number of carbonyl (C=O) groups excluding carboxylic acids is 1. The number of rotatable bonds is 6. The van der Waals surface area contributed by atoms with Crippen molar-refractivity contribution >= 4 is 5.78 Å². The highest BCUT2D eigenvalue weighted by Gasteiger charge is 2.05. The molecule has 88 valence electrons. The SMILES string of the molecule is C=C/C=C(\C=C)CCC(=O)c1ccc(O)cc1. The Morgan fingerprint density at radius 2 is 1.82 bits per heavy atom. The number of hydrogen-bond acceptors (Lipinski definition) is 2. The van der Waals surface area contributed by atoms with Crippen molar-refractivity contribution in [2.75, 3.05) is 0 Å². The van der Waals surface area contributed by atoms with E-state index >= 15 is 0 Å². The van der Waals surface area contributed by atoms with Crippen molar-refractivity contribution in [1.82, 2.24) is 0 Å². The van der Waals surface area contributed by atoms with Gasteiger partial charge in [0.1, 0.15) is 5.75 Å². The molecule has 1 aromatic carbocycles. The Labute approximate surface area is 102 Å². The molecule has 1 rings (SSSR count). The molecule has 0 aliphatic carbocycles. The predicted molar refractivity (Wildman–Crippen MR) is 70.1 cm³/mol. The summed E-state index contributed by atoms with van der Waals surface area (Å²) in [6.07, 6.45) is 6.33. The molecule has 0 fully saturated rings. The largest absolute Gasteiger partial charge is 0.508 e. The summed E-state index contributed by atoms with van der Waals surface area (Å²) in [5.74, 6) is 0.224. The van der Waals surface area contributed by atoms with Crippen LogP contribution in [0.2, 0.25) is 0 Å². The zero-order chi connectivity index (χ0) is 12.7. The van der Waals surface area contributed by atoms with Crippen molar-refractivity contribution in [3.63, 3.8) is 0 Å². The summed E-state index contributed by atoms with van der Waals surface area (Å²) in [7, 11) is 0. The van der Waals surface area contributed by atoms with E-state index in [0.29, 0.717) is 18.4 Å². The van der Waals surface area contributed by atoms with E-state index in [0.717, 1.165) is 5.57 Å². The average Bonchev–Trinajstić information content (AvgIpc) is 2.35. The van der Waals surface area contributed by atoms with Gasteiger partial charge in [0.25, 0.3) is 0 Å². The van der Waals surface area contributed by atoms with Crippen LogP contribution in [-0.4, -0.2) is 10.9 Å². The molecular weight excluding hydrogens is 212 g/mol. The third-order valence-corrected chi connectivity index (χ3v) is 2.42. The van der Waals surface area contributed by atoms with Gasteiger partial charge in [0, 0.05) is 12.0 Å². The van der Waals surface area contributed by atoms with Crippen LogP contribution >= 0.6 is 0 Å². The minimum absolute atomic E-state index is 0.0572. The highest BCUT2D eigenvalue weighted by Crippen LogP contribution is 2.14. The molecule has 0 atom stereocenters. The monoisotopic (exact) mass is 228 g/mol. The van der Waals surface area contributed by atoms with Gasteiger partial charge in [-0.05, 0) is 36.3 Å². The van der Waals surface area contributed by atoms with Crippen molar-refractivity contribution in [3.8, 4) is 5.75 Å². The van der Waals surface area contributed by atoms with Crippen molar-refractivity contribution in [1.29, 1.82) is 0 Å². The van der Waals surface area contributed by atoms with E-state index < -0.39 is 0 Å². The number of aromatic hydroxyl groups is 1. The van der Waals surface area contributed by atoms with Crippen LogP contribution in [0.1, 0.15) is 23.2 Å². The van der Waals surface area contributed by atoms with Gasteiger partial charge in [-0.2, -0.15) is 0 Å². The first kappa shape index (κ1) is 13.0. The van der Waals surface area contributed by atoms with Crippen LogP contribution in [0.25, 0.3) is 0 Å². The number of phenols is 1. The van der Waals surface area contributed by atoms with Gasteiger partial charge in [0.15, 0.2) is 5.78 Å². The van der Waals surface area contributed by atoms with Gasteiger partial charge in [0.05, 0.1) is 0 Å². The first-order chi connectivity index (χ1) is 8.17. The maximum Gasteiger partial charge on any atom is 0.163 e. The van der Waals surface area contributed by atoms with Crippen molar-refractivity contribution < 1.29 is 9.90 Å². The Morgan fingerprint density at radius 3 is 2.35 bits per heavy atom. The Kier molecular flexibility index (Phi) is 4.95. The Hall–Kier alpha value is -2.09. The minimum atomic E-state index is 0.0572. The highest BCUT2D eigenvalue weighted by atomic mass is 16.3. The fourth-order valence-electron chi connectivity index (χ4n) is 1.45. The van der Waals surface area contributed by atoms with Gasteiger partial charge >= 0.3 is 0 Å². The summed E-state index contributed by atoms with van der Waals surface area (Å²) < 4.78 is 0. The number of phenolic OH excluding ortho intramolecular Hbond substituents is 1. The fraction of sp³-hybridized carbons (Fsp3) is 0.133. The molecule has 0 heterocycles. The van der Waals surface area contributed by atoms with E-state index in [1.165, 1.54) is 12.1 Å². The third-order valence-electron chi connectivity index (χ3n) is 2.42. The molecule has 0 aliphatic rings. The fourth-order valence-corrected chi connectivity index (χ4v) is 1.45. The minimum Gasteiger partial charge on any atom is -0.508 e. The first-order valence-electron chi connectivity index (χ1n) is 5.43. The summed E-state index contributed by atoms with van der Waals surface area (Å²) in [6, 6.07) is 6.29. The molecule has 0 spiro atoms. The molecular formula is C15H16O2. The molecule has 0 unspecified atom stereocenters. The zero-order valence-electron chi connectivity index (χ0n) is 9.73. The number of Topliss-reactive ketones (excluding diaryl/α,β-unsaturated/α-hetero) is 1. The second-order valence-corrected chi connectivity index (χ2v) is 3.65. The molecule has 0 bridgehead atoms. The maximum absolute atomic E-state index is 11.8. The standard InChI is InChI=1S/C15H16O2/c1-3-5-12(4-2)6-11-15(17)13-7-9-14(16)10-8-13/h3-5,7-10,16H,1-2,6,11H2/b12-5+. The van der Waals surface area contributed by atoms with E-state index in [1.807, 2.05) is 6.08 Å². The van der Waals surface area contributed by atoms with Crippen molar-refractivity contribution in [2.45, 2.75) is 12.8 Å². The van der Waals surface area contributed by atoms with E-state index in [9.17, 15) is 4.79 Å². The average molecular weight is 228 g/mol. The molecule has 0 saturated carbocycles. The van der Waals surface area contributed by atoms with Crippen LogP contribution in [0.4, 0.5) is 0 Å². The maximum atomic E-state index is 11.8. The summed E-state index contributed by atoms with van der Waals surface area (Å²) in [4.78, 5) is 11.8. The number of carbonyl (C=O) groups is 1. The van der Waals surface area contributed by atoms with Crippen LogP contribution in [-0.2, 0) is 0 Å². The smallest absolute Gasteiger partial charge is 0.163 e. The quantitative estimate of drug-likeness (QED) is 0.596. The van der Waals surface area contributed by atoms with E-state index in [-0.39, 0.29) is 11.5 Å². The molecule has 0 saturated heterocycles. The lowest BCUT2D eigenvalue weighted by molar-refractivity contribution is 0.0983. The number of allylic oxidation sites excluding steroid dienone is 4. The lowest BCUT2D eigenvalue weighted by Crippen LogP contribution is -1.98. The van der Waals surface area contributed by atoms with Gasteiger partial charge in [-0.1, -0.05) is 31.4 Å². The van der Waals surface area contributed by atoms with Crippen molar-refractivity contribution in [2.24, 2.45) is 0 Å². The van der Waals surface area contributed by atoms with Gasteiger partial charge in [-0.15, -0.1) is 0 Å². The van der Waals surface area contributed by atoms with Gasteiger partial charge < -0.3 is 5.11 Å². The summed E-state index contributed by atoms with van der Waals surface area (Å²) in [5.41, 5.74) is 1.61. The Morgan fingerprint density at radius 1 is 1.18 bits per heavy atom. The molecule has 0 aliphatic heterocycles. The van der Waals surface area contributed by atoms with Gasteiger partial charge in [-0.25, -0.2) is 0 Å². The van der Waals surface area contributed by atoms with Crippen molar-refractivity contribution in [3.05, 3.63) is 66.8 Å². The molecule has 2 heteroatoms. The molecule has 2 nitrogen and oxygen atoms in total. The normalized spacial score (nSPS) is 10.9. The molecule has 1 aromatic rings. The van der Waals surface area contributed by atoms with Crippen LogP contribution in [0, 0.1) is 0 Å². The molecule has 0 amide bonds. The second kappa shape index (κ2) is 6.48. The Balaban J connectivity index is 2.61. The first-order valence-corrected chi connectivity index (χ1v) is 5.43. The van der Waals surface area contributed by atoms with Crippen LogP contribution in [0.3, 0.4) is 0 Å². The Bertz CT molecular complexity index is 438. The van der Waals surface area contributed by atoms with E-state index in [1.54, 1.807) is 24.3 Å². The number of ketones is 1. The van der Waals surface area contributed by atoms with Gasteiger partial charge in [0.2, 0.25) is 0 Å². The molecule has 0 radical (unpaired) electrons.